The van der Waals surface area contributed by atoms with Crippen molar-refractivity contribution in [2.75, 3.05) is 0 Å². The molecule has 0 spiro atoms. The monoisotopic (exact) mass is 259 g/mol. The van der Waals surface area contributed by atoms with Crippen LogP contribution in [-0.4, -0.2) is 20.8 Å². The molecule has 1 aromatic heterocycles. The molecule has 0 radical (unpaired) electrons. The lowest BCUT2D eigenvalue weighted by Gasteiger charge is -2.16. The second kappa shape index (κ2) is 5.19. The molecule has 0 unspecified atom stereocenters. The zero-order valence-electron chi connectivity index (χ0n) is 10.0. The summed E-state index contributed by atoms with van der Waals surface area (Å²) >= 11 is 3.34. The quantitative estimate of drug-likeness (QED) is 0.902. The summed E-state index contributed by atoms with van der Waals surface area (Å²) in [5, 5.41) is 9.76. The summed E-state index contributed by atoms with van der Waals surface area (Å²) in [7, 11) is 0. The van der Waals surface area contributed by atoms with Gasteiger partial charge in [0.15, 0.2) is 0 Å². The third kappa shape index (κ3) is 4.53. The van der Waals surface area contributed by atoms with Gasteiger partial charge in [-0.15, -0.1) is 23.1 Å². The molecule has 0 fully saturated rings. The predicted molar refractivity (Wildman–Crippen MR) is 69.2 cm³/mol. The van der Waals surface area contributed by atoms with E-state index in [2.05, 4.69) is 25.8 Å². The lowest BCUT2D eigenvalue weighted by atomic mass is 10.3. The zero-order valence-corrected chi connectivity index (χ0v) is 11.7. The Morgan fingerprint density at radius 2 is 2.12 bits per heavy atom. The van der Waals surface area contributed by atoms with Gasteiger partial charge in [-0.3, -0.25) is 4.79 Å². The maximum Gasteiger partial charge on any atom is 0.308 e. The fourth-order valence-corrected chi connectivity index (χ4v) is 3.02. The molecule has 1 aromatic rings. The lowest BCUT2D eigenvalue weighted by Crippen LogP contribution is -2.07. The Hall–Kier alpha value is -0.550. The Labute approximate surface area is 104 Å². The summed E-state index contributed by atoms with van der Waals surface area (Å²) in [6.45, 7) is 8.36. The highest BCUT2D eigenvalue weighted by molar-refractivity contribution is 7.99. The van der Waals surface area contributed by atoms with Crippen LogP contribution >= 0.6 is 23.1 Å². The zero-order chi connectivity index (χ0) is 12.3. The molecule has 0 aromatic carbocycles. The molecule has 90 valence electrons. The first-order valence-corrected chi connectivity index (χ1v) is 6.89. The number of carboxylic acid groups (broad SMARTS) is 1. The number of carbonyl (C=O) groups is 1. The van der Waals surface area contributed by atoms with Crippen LogP contribution in [0.5, 0.6) is 0 Å². The van der Waals surface area contributed by atoms with Crippen molar-refractivity contribution in [3.63, 3.8) is 0 Å². The highest BCUT2D eigenvalue weighted by Crippen LogP contribution is 2.30. The summed E-state index contributed by atoms with van der Waals surface area (Å²) in [4.78, 5) is 15.9. The van der Waals surface area contributed by atoms with Gasteiger partial charge >= 0.3 is 5.97 Å². The van der Waals surface area contributed by atoms with Crippen molar-refractivity contribution >= 4 is 29.1 Å². The van der Waals surface area contributed by atoms with Crippen molar-refractivity contribution < 1.29 is 9.90 Å². The van der Waals surface area contributed by atoms with Crippen LogP contribution < -0.4 is 0 Å². The van der Waals surface area contributed by atoms with Crippen LogP contribution in [0.25, 0.3) is 0 Å². The van der Waals surface area contributed by atoms with Crippen molar-refractivity contribution in [1.82, 2.24) is 4.98 Å². The number of aromatic nitrogens is 1. The highest BCUT2D eigenvalue weighted by atomic mass is 32.2. The topological polar surface area (TPSA) is 50.2 Å². The van der Waals surface area contributed by atoms with Crippen LogP contribution in [0, 0.1) is 6.92 Å². The van der Waals surface area contributed by atoms with Gasteiger partial charge in [0.05, 0.1) is 12.1 Å². The predicted octanol–water partition coefficient (Wildman–Crippen LogP) is 3.11. The molecule has 5 heteroatoms. The first kappa shape index (κ1) is 13.5. The van der Waals surface area contributed by atoms with E-state index in [1.165, 1.54) is 11.3 Å². The molecule has 1 rings (SSSR count). The van der Waals surface area contributed by atoms with Gasteiger partial charge in [-0.25, -0.2) is 4.98 Å². The van der Waals surface area contributed by atoms with E-state index in [-0.39, 0.29) is 11.2 Å². The average molecular weight is 259 g/mol. The number of carboxylic acids is 1. The van der Waals surface area contributed by atoms with Gasteiger partial charge in [0.2, 0.25) is 0 Å². The fraction of sp³-hybridized carbons (Fsp3) is 0.636. The SMILES string of the molecule is Cc1nc(CSC(C)(C)C)sc1CC(=O)O. The van der Waals surface area contributed by atoms with E-state index in [1.54, 1.807) is 0 Å². The van der Waals surface area contributed by atoms with Gasteiger partial charge in [0, 0.05) is 15.4 Å². The summed E-state index contributed by atoms with van der Waals surface area (Å²) in [6.07, 6.45) is 0.0870. The minimum Gasteiger partial charge on any atom is -0.481 e. The summed E-state index contributed by atoms with van der Waals surface area (Å²) in [5.41, 5.74) is 0.858. The molecule has 0 saturated carbocycles. The van der Waals surface area contributed by atoms with Crippen LogP contribution in [-0.2, 0) is 17.0 Å². The molecule has 0 atom stereocenters. The van der Waals surface area contributed by atoms with Gasteiger partial charge in [0.1, 0.15) is 5.01 Å². The number of nitrogens with zero attached hydrogens (tertiary/aromatic N) is 1. The maximum atomic E-state index is 10.6. The fourth-order valence-electron chi connectivity index (χ4n) is 1.13. The summed E-state index contributed by atoms with van der Waals surface area (Å²) < 4.78 is 0.215. The average Bonchev–Trinajstić information content (AvgIpc) is 2.42. The van der Waals surface area contributed by atoms with Gasteiger partial charge in [-0.2, -0.15) is 0 Å². The molecule has 1 heterocycles. The number of thioether (sulfide) groups is 1. The van der Waals surface area contributed by atoms with E-state index in [9.17, 15) is 4.79 Å². The summed E-state index contributed by atoms with van der Waals surface area (Å²) in [6, 6.07) is 0. The molecule has 0 aliphatic rings. The van der Waals surface area contributed by atoms with Crippen molar-refractivity contribution in [3.05, 3.63) is 15.6 Å². The number of aryl methyl sites for hydroxylation is 1. The Morgan fingerprint density at radius 3 is 2.62 bits per heavy atom. The van der Waals surface area contributed by atoms with E-state index in [4.69, 9.17) is 5.11 Å². The van der Waals surface area contributed by atoms with Gasteiger partial charge in [-0.05, 0) is 6.92 Å². The maximum absolute atomic E-state index is 10.6. The number of hydrogen-bond acceptors (Lipinski definition) is 4. The Morgan fingerprint density at radius 1 is 1.50 bits per heavy atom. The minimum atomic E-state index is -0.790. The molecule has 0 amide bonds. The molecular formula is C11H17NO2S2. The van der Waals surface area contributed by atoms with E-state index >= 15 is 0 Å². The highest BCUT2D eigenvalue weighted by Gasteiger charge is 2.14. The molecule has 1 N–H and O–H groups in total. The van der Waals surface area contributed by atoms with Gasteiger partial charge in [-0.1, -0.05) is 20.8 Å². The second-order valence-electron chi connectivity index (χ2n) is 4.59. The standard InChI is InChI=1S/C11H17NO2S2/c1-7-8(5-10(13)14)16-9(12-7)6-15-11(2,3)4/h5-6H2,1-4H3,(H,13,14). The first-order valence-electron chi connectivity index (χ1n) is 5.09. The molecule has 16 heavy (non-hydrogen) atoms. The van der Waals surface area contributed by atoms with Crippen LogP contribution in [0.3, 0.4) is 0 Å². The van der Waals surface area contributed by atoms with Gasteiger partial charge < -0.3 is 5.11 Å². The molecule has 0 aliphatic heterocycles. The Bertz CT molecular complexity index is 380. The van der Waals surface area contributed by atoms with Crippen LogP contribution in [0.1, 0.15) is 36.3 Å². The van der Waals surface area contributed by atoms with Crippen molar-refractivity contribution in [3.8, 4) is 0 Å². The molecule has 0 aliphatic carbocycles. The van der Waals surface area contributed by atoms with Gasteiger partial charge in [0.25, 0.3) is 0 Å². The molecule has 3 nitrogen and oxygen atoms in total. The third-order valence-corrected chi connectivity index (χ3v) is 4.50. The number of rotatable bonds is 4. The van der Waals surface area contributed by atoms with E-state index < -0.39 is 5.97 Å². The largest absolute Gasteiger partial charge is 0.481 e. The van der Waals surface area contributed by atoms with Crippen molar-refractivity contribution in [1.29, 1.82) is 0 Å². The Kier molecular flexibility index (Phi) is 4.38. The van der Waals surface area contributed by atoms with E-state index in [0.29, 0.717) is 0 Å². The molecule has 0 bridgehead atoms. The van der Waals surface area contributed by atoms with E-state index in [0.717, 1.165) is 21.3 Å². The number of hydrogen-bond donors (Lipinski definition) is 1. The second-order valence-corrected chi connectivity index (χ2v) is 7.56. The minimum absolute atomic E-state index is 0.0870. The molecule has 0 saturated heterocycles. The molecular weight excluding hydrogens is 242 g/mol. The van der Waals surface area contributed by atoms with Crippen LogP contribution in [0.15, 0.2) is 0 Å². The van der Waals surface area contributed by atoms with Crippen LogP contribution in [0.4, 0.5) is 0 Å². The lowest BCUT2D eigenvalue weighted by molar-refractivity contribution is -0.136. The van der Waals surface area contributed by atoms with Crippen LogP contribution in [0.2, 0.25) is 0 Å². The summed E-state index contributed by atoms with van der Waals surface area (Å²) in [5.74, 6) is 0.0658. The van der Waals surface area contributed by atoms with Crippen molar-refractivity contribution in [2.45, 2.75) is 44.6 Å². The first-order chi connectivity index (χ1) is 7.28. The van der Waals surface area contributed by atoms with Crippen molar-refractivity contribution in [2.24, 2.45) is 0 Å². The number of thiazole rings is 1. The number of aliphatic carboxylic acids is 1. The van der Waals surface area contributed by atoms with E-state index in [1.807, 2.05) is 18.7 Å². The third-order valence-electron chi connectivity index (χ3n) is 1.88. The Balaban J connectivity index is 2.66. The smallest absolute Gasteiger partial charge is 0.308 e. The normalized spacial score (nSPS) is 11.8.